The van der Waals surface area contributed by atoms with Crippen LogP contribution in [0.1, 0.15) is 11.1 Å². The zero-order valence-electron chi connectivity index (χ0n) is 10.6. The molecule has 0 unspecified atom stereocenters. The summed E-state index contributed by atoms with van der Waals surface area (Å²) < 4.78 is 13.4. The zero-order chi connectivity index (χ0) is 13.3. The second-order valence-electron chi connectivity index (χ2n) is 5.24. The Morgan fingerprint density at radius 2 is 1.89 bits per heavy atom. The molecular weight excluding hydrogens is 241 g/mol. The van der Waals surface area contributed by atoms with E-state index in [4.69, 9.17) is 0 Å². The molecule has 3 rings (SSSR count). The first-order valence-electron chi connectivity index (χ1n) is 6.43. The van der Waals surface area contributed by atoms with Crippen LogP contribution >= 0.6 is 0 Å². The minimum Gasteiger partial charge on any atom is -0.508 e. The molecule has 2 N–H and O–H groups in total. The summed E-state index contributed by atoms with van der Waals surface area (Å²) >= 11 is 0. The largest absolute Gasteiger partial charge is 0.508 e. The number of phenols is 1. The maximum atomic E-state index is 13.4. The summed E-state index contributed by atoms with van der Waals surface area (Å²) in [6.07, 6.45) is 0.803. The lowest BCUT2D eigenvalue weighted by molar-refractivity contribution is 0.273. The van der Waals surface area contributed by atoms with Gasteiger partial charge in [0.2, 0.25) is 0 Å². The molecule has 0 spiro atoms. The van der Waals surface area contributed by atoms with Gasteiger partial charge in [-0.3, -0.25) is 0 Å². The summed E-state index contributed by atoms with van der Waals surface area (Å²) in [5.41, 5.74) is 2.04. The summed E-state index contributed by atoms with van der Waals surface area (Å²) in [7, 11) is 0. The number of rotatable bonds is 3. The maximum absolute atomic E-state index is 13.4. The van der Waals surface area contributed by atoms with E-state index in [0.29, 0.717) is 0 Å². The average Bonchev–Trinajstić information content (AvgIpc) is 2.34. The third-order valence-corrected chi connectivity index (χ3v) is 3.82. The van der Waals surface area contributed by atoms with Crippen molar-refractivity contribution in [3.05, 3.63) is 65.5 Å². The Morgan fingerprint density at radius 1 is 1.11 bits per heavy atom. The SMILES string of the molecule is Oc1cccc(CC2(c3cccc(F)c3)CNC2)c1. The molecule has 1 saturated heterocycles. The first kappa shape index (κ1) is 12.2. The molecule has 0 bridgehead atoms. The van der Waals surface area contributed by atoms with Crippen molar-refractivity contribution in [2.24, 2.45) is 0 Å². The van der Waals surface area contributed by atoms with Crippen LogP contribution in [0.3, 0.4) is 0 Å². The van der Waals surface area contributed by atoms with Crippen LogP contribution in [0.25, 0.3) is 0 Å². The van der Waals surface area contributed by atoms with Gasteiger partial charge in [-0.15, -0.1) is 0 Å². The number of hydrogen-bond donors (Lipinski definition) is 2. The predicted molar refractivity (Wildman–Crippen MR) is 72.8 cm³/mol. The molecular formula is C16H16FNO. The van der Waals surface area contributed by atoms with Crippen LogP contribution in [0.2, 0.25) is 0 Å². The maximum Gasteiger partial charge on any atom is 0.123 e. The highest BCUT2D eigenvalue weighted by atomic mass is 19.1. The van der Waals surface area contributed by atoms with Crippen molar-refractivity contribution in [1.82, 2.24) is 5.32 Å². The summed E-state index contributed by atoms with van der Waals surface area (Å²) in [5, 5.41) is 12.8. The highest BCUT2D eigenvalue weighted by Crippen LogP contribution is 2.33. The molecule has 2 nitrogen and oxygen atoms in total. The van der Waals surface area contributed by atoms with Crippen LogP contribution < -0.4 is 5.32 Å². The van der Waals surface area contributed by atoms with E-state index in [0.717, 1.165) is 30.6 Å². The first-order chi connectivity index (χ1) is 9.18. The van der Waals surface area contributed by atoms with Gasteiger partial charge in [-0.2, -0.15) is 0 Å². The van der Waals surface area contributed by atoms with Gasteiger partial charge in [-0.25, -0.2) is 4.39 Å². The van der Waals surface area contributed by atoms with Crippen molar-refractivity contribution in [3.8, 4) is 5.75 Å². The average molecular weight is 257 g/mol. The number of phenolic OH excluding ortho intramolecular Hbond substituents is 1. The third kappa shape index (κ3) is 2.34. The van der Waals surface area contributed by atoms with Crippen molar-refractivity contribution in [2.75, 3.05) is 13.1 Å². The van der Waals surface area contributed by atoms with E-state index in [9.17, 15) is 9.50 Å². The summed E-state index contributed by atoms with van der Waals surface area (Å²) in [6.45, 7) is 1.68. The quantitative estimate of drug-likeness (QED) is 0.886. The molecule has 0 aliphatic carbocycles. The van der Waals surface area contributed by atoms with Gasteiger partial charge in [0.25, 0.3) is 0 Å². The molecule has 19 heavy (non-hydrogen) atoms. The molecule has 1 aliphatic rings. The summed E-state index contributed by atoms with van der Waals surface area (Å²) in [4.78, 5) is 0. The van der Waals surface area contributed by atoms with E-state index in [2.05, 4.69) is 5.32 Å². The minimum absolute atomic E-state index is 0.0596. The second-order valence-corrected chi connectivity index (χ2v) is 5.24. The highest BCUT2D eigenvalue weighted by molar-refractivity contribution is 5.36. The molecule has 2 aromatic rings. The molecule has 0 atom stereocenters. The van der Waals surface area contributed by atoms with Crippen LogP contribution in [0.5, 0.6) is 5.75 Å². The summed E-state index contributed by atoms with van der Waals surface area (Å²) in [6, 6.07) is 14.1. The van der Waals surface area contributed by atoms with Crippen molar-refractivity contribution < 1.29 is 9.50 Å². The van der Waals surface area contributed by atoms with Gasteiger partial charge in [0.15, 0.2) is 0 Å². The molecule has 1 aliphatic heterocycles. The van der Waals surface area contributed by atoms with E-state index in [1.807, 2.05) is 18.2 Å². The molecule has 0 saturated carbocycles. The first-order valence-corrected chi connectivity index (χ1v) is 6.43. The molecule has 0 radical (unpaired) electrons. The lowest BCUT2D eigenvalue weighted by Gasteiger charge is -2.43. The molecule has 0 amide bonds. The van der Waals surface area contributed by atoms with E-state index in [1.165, 1.54) is 6.07 Å². The van der Waals surface area contributed by atoms with E-state index in [-0.39, 0.29) is 17.0 Å². The number of aromatic hydroxyl groups is 1. The number of nitrogens with one attached hydrogen (secondary N) is 1. The Hall–Kier alpha value is -1.87. The summed E-state index contributed by atoms with van der Waals surface area (Å²) in [5.74, 6) is 0.0823. The number of benzene rings is 2. The van der Waals surface area contributed by atoms with Gasteiger partial charge in [-0.05, 0) is 41.8 Å². The lowest BCUT2D eigenvalue weighted by atomic mass is 9.71. The van der Waals surface area contributed by atoms with Gasteiger partial charge in [0.1, 0.15) is 11.6 Å². The highest BCUT2D eigenvalue weighted by Gasteiger charge is 2.38. The van der Waals surface area contributed by atoms with Gasteiger partial charge in [0.05, 0.1) is 0 Å². The normalized spacial score (nSPS) is 16.9. The Bertz CT molecular complexity index is 593. The smallest absolute Gasteiger partial charge is 0.123 e. The number of hydrogen-bond acceptors (Lipinski definition) is 2. The van der Waals surface area contributed by atoms with Crippen molar-refractivity contribution in [1.29, 1.82) is 0 Å². The Morgan fingerprint density at radius 3 is 2.53 bits per heavy atom. The number of halogens is 1. The molecule has 1 fully saturated rings. The fourth-order valence-corrected chi connectivity index (χ4v) is 2.73. The van der Waals surface area contributed by atoms with Gasteiger partial charge in [0, 0.05) is 18.5 Å². The van der Waals surface area contributed by atoms with Crippen LogP contribution in [0, 0.1) is 5.82 Å². The topological polar surface area (TPSA) is 32.3 Å². The van der Waals surface area contributed by atoms with Crippen LogP contribution in [-0.2, 0) is 11.8 Å². The fraction of sp³-hybridized carbons (Fsp3) is 0.250. The van der Waals surface area contributed by atoms with Gasteiger partial charge in [-0.1, -0.05) is 24.3 Å². The van der Waals surface area contributed by atoms with Crippen LogP contribution in [0.15, 0.2) is 48.5 Å². The minimum atomic E-state index is -0.195. The molecule has 1 heterocycles. The van der Waals surface area contributed by atoms with Gasteiger partial charge >= 0.3 is 0 Å². The Balaban J connectivity index is 1.91. The van der Waals surface area contributed by atoms with E-state index in [1.54, 1.807) is 24.3 Å². The Labute approximate surface area is 111 Å². The molecule has 0 aromatic heterocycles. The molecule has 3 heteroatoms. The predicted octanol–water partition coefficient (Wildman–Crippen LogP) is 2.62. The van der Waals surface area contributed by atoms with Gasteiger partial charge < -0.3 is 10.4 Å². The lowest BCUT2D eigenvalue weighted by Crippen LogP contribution is -2.58. The standard InChI is InChI=1S/C16H16FNO/c17-14-5-2-4-13(8-14)16(10-18-11-16)9-12-3-1-6-15(19)7-12/h1-8,18-19H,9-11H2. The molecule has 2 aromatic carbocycles. The van der Waals surface area contributed by atoms with Crippen LogP contribution in [0.4, 0.5) is 4.39 Å². The van der Waals surface area contributed by atoms with Crippen molar-refractivity contribution in [3.63, 3.8) is 0 Å². The zero-order valence-corrected chi connectivity index (χ0v) is 10.6. The van der Waals surface area contributed by atoms with E-state index < -0.39 is 0 Å². The third-order valence-electron chi connectivity index (χ3n) is 3.82. The van der Waals surface area contributed by atoms with Crippen molar-refractivity contribution >= 4 is 0 Å². The second kappa shape index (κ2) is 4.67. The molecule has 98 valence electrons. The monoisotopic (exact) mass is 257 g/mol. The van der Waals surface area contributed by atoms with E-state index >= 15 is 0 Å². The fourth-order valence-electron chi connectivity index (χ4n) is 2.73. The van der Waals surface area contributed by atoms with Crippen LogP contribution in [-0.4, -0.2) is 18.2 Å². The Kier molecular flexibility index (Phi) is 2.99. The van der Waals surface area contributed by atoms with Crippen molar-refractivity contribution in [2.45, 2.75) is 11.8 Å².